The molecule has 0 radical (unpaired) electrons. The summed E-state index contributed by atoms with van der Waals surface area (Å²) in [6.07, 6.45) is 4.90. The number of amides is 1. The van der Waals surface area contributed by atoms with Gasteiger partial charge >= 0.3 is 0 Å². The average Bonchev–Trinajstić information content (AvgIpc) is 3.03. The summed E-state index contributed by atoms with van der Waals surface area (Å²) in [7, 11) is 1.90. The van der Waals surface area contributed by atoms with E-state index in [1.807, 2.05) is 18.9 Å². The molecule has 1 aromatic carbocycles. The van der Waals surface area contributed by atoms with Crippen LogP contribution in [0.25, 0.3) is 10.9 Å². The Morgan fingerprint density at radius 3 is 2.80 bits per heavy atom. The van der Waals surface area contributed by atoms with E-state index in [1.54, 1.807) is 0 Å². The second-order valence-electron chi connectivity index (χ2n) is 7.59. The highest BCUT2D eigenvalue weighted by atomic mass is 16.5. The van der Waals surface area contributed by atoms with Crippen LogP contribution in [0.4, 0.5) is 0 Å². The Balaban J connectivity index is 1.34. The summed E-state index contributed by atoms with van der Waals surface area (Å²) in [6.45, 7) is 5.76. The van der Waals surface area contributed by atoms with Gasteiger partial charge in [0.25, 0.3) is 5.91 Å². The minimum atomic E-state index is -0.309. The van der Waals surface area contributed by atoms with Crippen molar-refractivity contribution in [2.75, 3.05) is 33.2 Å². The number of piperidine rings is 1. The number of carbonyl (C=O) groups excluding carboxylic acids is 1. The van der Waals surface area contributed by atoms with Crippen molar-refractivity contribution in [3.05, 3.63) is 36.0 Å². The van der Waals surface area contributed by atoms with Gasteiger partial charge in [-0.3, -0.25) is 4.79 Å². The summed E-state index contributed by atoms with van der Waals surface area (Å²) in [6, 6.07) is 8.49. The number of nitrogens with zero attached hydrogens (tertiary/aromatic N) is 2. The van der Waals surface area contributed by atoms with Crippen LogP contribution >= 0.6 is 0 Å². The lowest BCUT2D eigenvalue weighted by molar-refractivity contribution is -0.186. The Morgan fingerprint density at radius 1 is 1.28 bits per heavy atom. The number of H-pyrrole nitrogens is 1. The van der Waals surface area contributed by atoms with E-state index < -0.39 is 0 Å². The van der Waals surface area contributed by atoms with Gasteiger partial charge in [0.15, 0.2) is 0 Å². The summed E-state index contributed by atoms with van der Waals surface area (Å²) >= 11 is 0. The monoisotopic (exact) mass is 341 g/mol. The molecule has 1 spiro atoms. The maximum absolute atomic E-state index is 11.9. The second-order valence-corrected chi connectivity index (χ2v) is 7.59. The number of rotatable bonds is 3. The maximum Gasteiger partial charge on any atom is 0.251 e. The third-order valence-electron chi connectivity index (χ3n) is 5.82. The maximum atomic E-state index is 11.9. The van der Waals surface area contributed by atoms with E-state index in [0.717, 1.165) is 45.4 Å². The molecule has 1 amide bonds. The van der Waals surface area contributed by atoms with Crippen molar-refractivity contribution in [2.45, 2.75) is 37.9 Å². The van der Waals surface area contributed by atoms with Gasteiger partial charge in [0, 0.05) is 50.3 Å². The molecule has 2 aliphatic rings. The molecule has 1 aromatic heterocycles. The molecular formula is C20H27N3O2. The number of likely N-dealkylation sites (N-methyl/N-ethyl adjacent to an activating group) is 1. The van der Waals surface area contributed by atoms with Gasteiger partial charge in [-0.2, -0.15) is 0 Å². The summed E-state index contributed by atoms with van der Waals surface area (Å²) in [5.74, 6) is 0.104. The number of aromatic amines is 1. The van der Waals surface area contributed by atoms with Crippen molar-refractivity contribution in [2.24, 2.45) is 0 Å². The number of aromatic nitrogens is 1. The van der Waals surface area contributed by atoms with E-state index >= 15 is 0 Å². The summed E-state index contributed by atoms with van der Waals surface area (Å²) in [5.41, 5.74) is 2.47. The standard InChI is InChI=1S/C20H27N3O2/c1-15-19(24)22(2)14-20(25-15)8-11-23(12-9-20)10-7-16-13-21-18-6-4-3-5-17(16)18/h3-6,13,15,21H,7-12,14H2,1-2H3. The Bertz CT molecular complexity index is 745. The van der Waals surface area contributed by atoms with E-state index in [0.29, 0.717) is 0 Å². The quantitative estimate of drug-likeness (QED) is 0.933. The van der Waals surface area contributed by atoms with Crippen molar-refractivity contribution >= 4 is 16.8 Å². The number of carbonyl (C=O) groups is 1. The number of fused-ring (bicyclic) bond motifs is 1. The summed E-state index contributed by atoms with van der Waals surface area (Å²) < 4.78 is 6.13. The van der Waals surface area contributed by atoms with Crippen LogP contribution < -0.4 is 0 Å². The molecule has 134 valence electrons. The van der Waals surface area contributed by atoms with Crippen LogP contribution in [0.1, 0.15) is 25.3 Å². The highest BCUT2D eigenvalue weighted by Gasteiger charge is 2.44. The smallest absolute Gasteiger partial charge is 0.251 e. The van der Waals surface area contributed by atoms with Crippen molar-refractivity contribution in [3.63, 3.8) is 0 Å². The Morgan fingerprint density at radius 2 is 2.04 bits per heavy atom. The van der Waals surface area contributed by atoms with Crippen molar-refractivity contribution < 1.29 is 9.53 Å². The Hall–Kier alpha value is -1.85. The van der Waals surface area contributed by atoms with Crippen molar-refractivity contribution in [1.29, 1.82) is 0 Å². The minimum absolute atomic E-state index is 0.104. The summed E-state index contributed by atoms with van der Waals surface area (Å²) in [4.78, 5) is 19.7. The van der Waals surface area contributed by atoms with Crippen LogP contribution in [-0.2, 0) is 16.0 Å². The van der Waals surface area contributed by atoms with Crippen LogP contribution in [0.3, 0.4) is 0 Å². The number of nitrogens with one attached hydrogen (secondary N) is 1. The molecule has 0 aliphatic carbocycles. The number of hydrogen-bond donors (Lipinski definition) is 1. The molecule has 2 aromatic rings. The molecule has 1 atom stereocenters. The largest absolute Gasteiger partial charge is 0.361 e. The van der Waals surface area contributed by atoms with Crippen LogP contribution in [0.2, 0.25) is 0 Å². The first-order chi connectivity index (χ1) is 12.1. The lowest BCUT2D eigenvalue weighted by atomic mass is 9.88. The van der Waals surface area contributed by atoms with Gasteiger partial charge in [-0.15, -0.1) is 0 Å². The predicted molar refractivity (Wildman–Crippen MR) is 98.6 cm³/mol. The van der Waals surface area contributed by atoms with E-state index in [9.17, 15) is 4.79 Å². The second kappa shape index (κ2) is 6.46. The molecule has 5 nitrogen and oxygen atoms in total. The number of para-hydroxylation sites is 1. The van der Waals surface area contributed by atoms with Crippen molar-refractivity contribution in [1.82, 2.24) is 14.8 Å². The van der Waals surface area contributed by atoms with Gasteiger partial charge in [-0.25, -0.2) is 0 Å². The van der Waals surface area contributed by atoms with E-state index in [-0.39, 0.29) is 17.6 Å². The molecule has 2 aliphatic heterocycles. The number of hydrogen-bond acceptors (Lipinski definition) is 3. The van der Waals surface area contributed by atoms with Gasteiger partial charge in [0.05, 0.1) is 5.60 Å². The van der Waals surface area contributed by atoms with Crippen molar-refractivity contribution in [3.8, 4) is 0 Å². The third-order valence-corrected chi connectivity index (χ3v) is 5.82. The highest BCUT2D eigenvalue weighted by Crippen LogP contribution is 2.32. The Kier molecular flexibility index (Phi) is 4.29. The lowest BCUT2D eigenvalue weighted by Crippen LogP contribution is -2.60. The molecule has 2 fully saturated rings. The predicted octanol–water partition coefficient (Wildman–Crippen LogP) is 2.42. The van der Waals surface area contributed by atoms with E-state index in [4.69, 9.17) is 4.74 Å². The number of ether oxygens (including phenoxy) is 1. The zero-order chi connectivity index (χ0) is 17.4. The molecule has 1 unspecified atom stereocenters. The first-order valence-electron chi connectivity index (χ1n) is 9.26. The minimum Gasteiger partial charge on any atom is -0.361 e. The molecule has 1 N–H and O–H groups in total. The average molecular weight is 341 g/mol. The first-order valence-corrected chi connectivity index (χ1v) is 9.26. The molecule has 0 bridgehead atoms. The topological polar surface area (TPSA) is 48.6 Å². The molecule has 0 saturated carbocycles. The SMILES string of the molecule is CC1OC2(CCN(CCc3c[nH]c4ccccc34)CC2)CN(C)C1=O. The molecule has 4 rings (SSSR count). The first kappa shape index (κ1) is 16.6. The van der Waals surface area contributed by atoms with E-state index in [2.05, 4.69) is 40.3 Å². The van der Waals surface area contributed by atoms with Crippen LogP contribution in [0.15, 0.2) is 30.5 Å². The van der Waals surface area contributed by atoms with Crippen LogP contribution in [-0.4, -0.2) is 65.6 Å². The fraction of sp³-hybridized carbons (Fsp3) is 0.550. The number of benzene rings is 1. The Labute approximate surface area is 148 Å². The van der Waals surface area contributed by atoms with Gasteiger partial charge in [0.1, 0.15) is 6.10 Å². The molecule has 2 saturated heterocycles. The van der Waals surface area contributed by atoms with Gasteiger partial charge in [-0.1, -0.05) is 18.2 Å². The third kappa shape index (κ3) is 3.18. The fourth-order valence-corrected chi connectivity index (χ4v) is 4.36. The van der Waals surface area contributed by atoms with Gasteiger partial charge in [0.2, 0.25) is 0 Å². The highest BCUT2D eigenvalue weighted by molar-refractivity contribution is 5.83. The van der Waals surface area contributed by atoms with Gasteiger partial charge in [-0.05, 0) is 37.8 Å². The van der Waals surface area contributed by atoms with Crippen LogP contribution in [0, 0.1) is 0 Å². The normalized spacial score (nSPS) is 24.3. The van der Waals surface area contributed by atoms with Gasteiger partial charge < -0.3 is 19.5 Å². The summed E-state index contributed by atoms with van der Waals surface area (Å²) in [5, 5.41) is 1.33. The molecule has 25 heavy (non-hydrogen) atoms. The zero-order valence-electron chi connectivity index (χ0n) is 15.1. The zero-order valence-corrected chi connectivity index (χ0v) is 15.1. The molecule has 5 heteroatoms. The number of morpholine rings is 1. The molecule has 3 heterocycles. The van der Waals surface area contributed by atoms with Crippen LogP contribution in [0.5, 0.6) is 0 Å². The van der Waals surface area contributed by atoms with E-state index in [1.165, 1.54) is 16.5 Å². The molecular weight excluding hydrogens is 314 g/mol. The number of likely N-dealkylation sites (tertiary alicyclic amines) is 1. The fourth-order valence-electron chi connectivity index (χ4n) is 4.36. The lowest BCUT2D eigenvalue weighted by Gasteiger charge is -2.48.